The Balaban J connectivity index is 1.40. The number of hydrogen-bond donors (Lipinski definition) is 0. The number of nitrogens with zero attached hydrogens (tertiary/aromatic N) is 6. The lowest BCUT2D eigenvalue weighted by Gasteiger charge is -2.40. The second-order valence-electron chi connectivity index (χ2n) is 9.05. The highest BCUT2D eigenvalue weighted by molar-refractivity contribution is 5.56. The average molecular weight is 451 g/mol. The van der Waals surface area contributed by atoms with E-state index in [-0.39, 0.29) is 18.0 Å². The standard InChI is InChI=1S/C25H31FN6O/c1-18-5-3-7-23(19(18)2)30-12-14-31(15-13-30)24(20-8-10-21(26)11-9-20)25-27-28-29-32(25)17-22-6-4-16-33-22/h3,5,7-11,22,24H,4,6,12-17H2,1-2H3. The minimum Gasteiger partial charge on any atom is -0.376 e. The molecule has 2 saturated heterocycles. The topological polar surface area (TPSA) is 59.3 Å². The molecule has 33 heavy (non-hydrogen) atoms. The molecule has 3 aromatic rings. The van der Waals surface area contributed by atoms with Crippen LogP contribution in [-0.2, 0) is 11.3 Å². The van der Waals surface area contributed by atoms with Crippen LogP contribution in [0.2, 0.25) is 0 Å². The highest BCUT2D eigenvalue weighted by atomic mass is 19.1. The first-order valence-corrected chi connectivity index (χ1v) is 11.8. The molecule has 0 amide bonds. The Morgan fingerprint density at radius 1 is 1.06 bits per heavy atom. The SMILES string of the molecule is Cc1cccc(N2CCN(C(c3ccc(F)cc3)c3nnnn3CC3CCCO3)CC2)c1C. The number of aryl methyl sites for hydroxylation is 1. The molecule has 0 saturated carbocycles. The van der Waals surface area contributed by atoms with E-state index >= 15 is 0 Å². The van der Waals surface area contributed by atoms with Gasteiger partial charge in [-0.25, -0.2) is 9.07 Å². The smallest absolute Gasteiger partial charge is 0.173 e. The van der Waals surface area contributed by atoms with Crippen LogP contribution in [0.4, 0.5) is 10.1 Å². The van der Waals surface area contributed by atoms with Crippen LogP contribution in [0.15, 0.2) is 42.5 Å². The van der Waals surface area contributed by atoms with Crippen molar-refractivity contribution in [1.82, 2.24) is 25.1 Å². The zero-order valence-electron chi connectivity index (χ0n) is 19.3. The van der Waals surface area contributed by atoms with Gasteiger partial charge in [0.1, 0.15) is 5.82 Å². The molecule has 0 spiro atoms. The van der Waals surface area contributed by atoms with E-state index < -0.39 is 0 Å². The summed E-state index contributed by atoms with van der Waals surface area (Å²) in [6.07, 6.45) is 2.24. The second-order valence-corrected chi connectivity index (χ2v) is 9.05. The van der Waals surface area contributed by atoms with Gasteiger partial charge in [0.15, 0.2) is 5.82 Å². The number of tetrazole rings is 1. The third-order valence-electron chi connectivity index (χ3n) is 6.99. The van der Waals surface area contributed by atoms with Crippen molar-refractivity contribution in [2.45, 2.75) is 45.4 Å². The van der Waals surface area contributed by atoms with Crippen LogP contribution in [0, 0.1) is 19.7 Å². The molecule has 1 aromatic heterocycles. The molecule has 2 aromatic carbocycles. The molecule has 2 unspecified atom stereocenters. The first-order valence-electron chi connectivity index (χ1n) is 11.8. The average Bonchev–Trinajstić information content (AvgIpc) is 3.51. The lowest BCUT2D eigenvalue weighted by molar-refractivity contribution is 0.0906. The van der Waals surface area contributed by atoms with Crippen molar-refractivity contribution >= 4 is 5.69 Å². The first kappa shape index (κ1) is 22.0. The highest BCUT2D eigenvalue weighted by Gasteiger charge is 2.32. The zero-order chi connectivity index (χ0) is 22.8. The van der Waals surface area contributed by atoms with Crippen LogP contribution < -0.4 is 4.90 Å². The molecule has 3 heterocycles. The summed E-state index contributed by atoms with van der Waals surface area (Å²) in [6, 6.07) is 13.1. The van der Waals surface area contributed by atoms with Crippen molar-refractivity contribution < 1.29 is 9.13 Å². The fraction of sp³-hybridized carbons (Fsp3) is 0.480. The van der Waals surface area contributed by atoms with E-state index in [1.165, 1.54) is 28.9 Å². The summed E-state index contributed by atoms with van der Waals surface area (Å²) in [6.45, 7) is 9.34. The van der Waals surface area contributed by atoms with E-state index in [9.17, 15) is 4.39 Å². The number of ether oxygens (including phenoxy) is 1. The zero-order valence-corrected chi connectivity index (χ0v) is 19.3. The highest BCUT2D eigenvalue weighted by Crippen LogP contribution is 2.31. The quantitative estimate of drug-likeness (QED) is 0.573. The monoisotopic (exact) mass is 450 g/mol. The Morgan fingerprint density at radius 2 is 1.85 bits per heavy atom. The lowest BCUT2D eigenvalue weighted by atomic mass is 10.0. The molecule has 5 rings (SSSR count). The molecule has 2 aliphatic heterocycles. The fourth-order valence-electron chi connectivity index (χ4n) is 4.99. The number of aromatic nitrogens is 4. The molecule has 2 aliphatic rings. The first-order chi connectivity index (χ1) is 16.1. The molecular weight excluding hydrogens is 419 g/mol. The maximum Gasteiger partial charge on any atom is 0.173 e. The van der Waals surface area contributed by atoms with E-state index in [1.54, 1.807) is 0 Å². The van der Waals surface area contributed by atoms with Gasteiger partial charge in [0.2, 0.25) is 0 Å². The largest absolute Gasteiger partial charge is 0.376 e. The van der Waals surface area contributed by atoms with E-state index in [1.807, 2.05) is 16.8 Å². The lowest BCUT2D eigenvalue weighted by Crippen LogP contribution is -2.48. The minimum atomic E-state index is -0.240. The van der Waals surface area contributed by atoms with Crippen molar-refractivity contribution in [2.24, 2.45) is 0 Å². The van der Waals surface area contributed by atoms with Gasteiger partial charge < -0.3 is 9.64 Å². The van der Waals surface area contributed by atoms with E-state index in [2.05, 4.69) is 57.4 Å². The Hall–Kier alpha value is -2.84. The molecule has 2 fully saturated rings. The number of rotatable bonds is 6. The van der Waals surface area contributed by atoms with Crippen molar-refractivity contribution in [2.75, 3.05) is 37.7 Å². The van der Waals surface area contributed by atoms with E-state index in [4.69, 9.17) is 4.74 Å². The third-order valence-corrected chi connectivity index (χ3v) is 6.99. The maximum atomic E-state index is 13.7. The minimum absolute atomic E-state index is 0.136. The predicted molar refractivity (Wildman–Crippen MR) is 125 cm³/mol. The summed E-state index contributed by atoms with van der Waals surface area (Å²) in [4.78, 5) is 4.86. The van der Waals surface area contributed by atoms with Crippen LogP contribution in [0.3, 0.4) is 0 Å². The number of benzene rings is 2. The van der Waals surface area contributed by atoms with Crippen molar-refractivity contribution in [3.63, 3.8) is 0 Å². The Labute approximate surface area is 194 Å². The summed E-state index contributed by atoms with van der Waals surface area (Å²) in [5.74, 6) is 0.550. The molecular formula is C25H31FN6O. The van der Waals surface area contributed by atoms with Crippen molar-refractivity contribution in [3.8, 4) is 0 Å². The van der Waals surface area contributed by atoms with Gasteiger partial charge in [-0.05, 0) is 72.0 Å². The molecule has 0 N–H and O–H groups in total. The summed E-state index contributed by atoms with van der Waals surface area (Å²) >= 11 is 0. The van der Waals surface area contributed by atoms with Gasteiger partial charge in [0.05, 0.1) is 18.7 Å². The molecule has 8 heteroatoms. The summed E-state index contributed by atoms with van der Waals surface area (Å²) in [5.41, 5.74) is 4.95. The van der Waals surface area contributed by atoms with Gasteiger partial charge in [-0.3, -0.25) is 4.90 Å². The number of hydrogen-bond acceptors (Lipinski definition) is 6. The van der Waals surface area contributed by atoms with Gasteiger partial charge in [-0.15, -0.1) is 5.10 Å². The molecule has 174 valence electrons. The molecule has 7 nitrogen and oxygen atoms in total. The number of piperazine rings is 1. The van der Waals surface area contributed by atoms with E-state index in [0.29, 0.717) is 6.54 Å². The van der Waals surface area contributed by atoms with Crippen LogP contribution in [0.25, 0.3) is 0 Å². The normalized spacial score (nSPS) is 20.3. The molecule has 0 radical (unpaired) electrons. The van der Waals surface area contributed by atoms with Gasteiger partial charge in [-0.1, -0.05) is 24.3 Å². The Bertz CT molecular complexity index is 1070. The maximum absolute atomic E-state index is 13.7. The summed E-state index contributed by atoms with van der Waals surface area (Å²) in [5, 5.41) is 12.7. The predicted octanol–water partition coefficient (Wildman–Crippen LogP) is 3.52. The number of halogens is 1. The molecule has 0 aliphatic carbocycles. The van der Waals surface area contributed by atoms with Crippen LogP contribution >= 0.6 is 0 Å². The van der Waals surface area contributed by atoms with Gasteiger partial charge in [0, 0.05) is 38.5 Å². The fourth-order valence-corrected chi connectivity index (χ4v) is 4.99. The number of anilines is 1. The van der Waals surface area contributed by atoms with Gasteiger partial charge in [-0.2, -0.15) is 0 Å². The third kappa shape index (κ3) is 4.63. The van der Waals surface area contributed by atoms with Gasteiger partial charge in [0.25, 0.3) is 0 Å². The Morgan fingerprint density at radius 3 is 2.58 bits per heavy atom. The van der Waals surface area contributed by atoms with Crippen molar-refractivity contribution in [3.05, 3.63) is 70.8 Å². The summed E-state index contributed by atoms with van der Waals surface area (Å²) < 4.78 is 21.4. The Kier molecular flexibility index (Phi) is 6.37. The summed E-state index contributed by atoms with van der Waals surface area (Å²) in [7, 11) is 0. The van der Waals surface area contributed by atoms with Crippen molar-refractivity contribution in [1.29, 1.82) is 0 Å². The second kappa shape index (κ2) is 9.57. The van der Waals surface area contributed by atoms with Crippen LogP contribution in [-0.4, -0.2) is 64.0 Å². The molecule has 0 bridgehead atoms. The molecule has 2 atom stereocenters. The van der Waals surface area contributed by atoms with E-state index in [0.717, 1.165) is 57.0 Å². The van der Waals surface area contributed by atoms with Crippen LogP contribution in [0.1, 0.15) is 41.4 Å². The van der Waals surface area contributed by atoms with Gasteiger partial charge >= 0.3 is 0 Å². The van der Waals surface area contributed by atoms with Crippen LogP contribution in [0.5, 0.6) is 0 Å².